The lowest BCUT2D eigenvalue weighted by molar-refractivity contribution is -0.136. The third-order valence-corrected chi connectivity index (χ3v) is 5.35. The standard InChI is InChI=1S/C18H17FN4O5/c1-20-15(25)8-6-22(7-8)13-5-10-9(4-11(13)19)17(27)23(18(10)28)12-2-3-14(24)21-16(12)26/h4-5,8,12H,2-3,6-7H2,1H3,(H,20,25)(H,21,24,26). The molecule has 5 amide bonds. The van der Waals surface area contributed by atoms with E-state index in [2.05, 4.69) is 10.6 Å². The first kappa shape index (κ1) is 18.1. The number of halogens is 1. The lowest BCUT2D eigenvalue weighted by atomic mass is 9.97. The maximum absolute atomic E-state index is 14.6. The van der Waals surface area contributed by atoms with Gasteiger partial charge in [-0.05, 0) is 18.6 Å². The molecule has 9 nitrogen and oxygen atoms in total. The van der Waals surface area contributed by atoms with Gasteiger partial charge in [-0.25, -0.2) is 4.39 Å². The average Bonchev–Trinajstić information content (AvgIpc) is 2.84. The Hall–Kier alpha value is -3.30. The number of nitrogens with zero attached hydrogens (tertiary/aromatic N) is 2. The van der Waals surface area contributed by atoms with Gasteiger partial charge < -0.3 is 10.2 Å². The molecule has 0 radical (unpaired) electrons. The summed E-state index contributed by atoms with van der Waals surface area (Å²) < 4.78 is 14.6. The fourth-order valence-electron chi connectivity index (χ4n) is 3.77. The lowest BCUT2D eigenvalue weighted by Crippen LogP contribution is -2.54. The molecule has 3 aliphatic rings. The minimum atomic E-state index is -1.10. The van der Waals surface area contributed by atoms with Gasteiger partial charge in [-0.15, -0.1) is 0 Å². The quantitative estimate of drug-likeness (QED) is 0.669. The van der Waals surface area contributed by atoms with Crippen LogP contribution in [0.2, 0.25) is 0 Å². The van der Waals surface area contributed by atoms with E-state index in [1.165, 1.54) is 13.1 Å². The molecule has 0 spiro atoms. The van der Waals surface area contributed by atoms with Gasteiger partial charge in [0.25, 0.3) is 11.8 Å². The van der Waals surface area contributed by atoms with Crippen molar-refractivity contribution in [3.63, 3.8) is 0 Å². The summed E-state index contributed by atoms with van der Waals surface area (Å²) in [7, 11) is 1.52. The number of nitrogens with one attached hydrogen (secondary N) is 2. The molecule has 3 aliphatic heterocycles. The molecule has 10 heteroatoms. The zero-order valence-electron chi connectivity index (χ0n) is 15.0. The van der Waals surface area contributed by atoms with Gasteiger partial charge in [0.05, 0.1) is 22.7 Å². The number of anilines is 1. The summed E-state index contributed by atoms with van der Waals surface area (Å²) in [5, 5.41) is 4.64. The summed E-state index contributed by atoms with van der Waals surface area (Å²) in [5.41, 5.74) is 0.0268. The molecule has 28 heavy (non-hydrogen) atoms. The van der Waals surface area contributed by atoms with Crippen LogP contribution >= 0.6 is 0 Å². The molecule has 0 aromatic heterocycles. The molecule has 1 unspecified atom stereocenters. The molecule has 1 aromatic carbocycles. The van der Waals surface area contributed by atoms with Crippen LogP contribution in [0.1, 0.15) is 33.6 Å². The lowest BCUT2D eigenvalue weighted by Gasteiger charge is -2.40. The van der Waals surface area contributed by atoms with Gasteiger partial charge in [-0.2, -0.15) is 0 Å². The van der Waals surface area contributed by atoms with E-state index >= 15 is 0 Å². The molecule has 2 N–H and O–H groups in total. The largest absolute Gasteiger partial charge is 0.367 e. The number of carbonyl (C=O) groups is 5. The zero-order chi connectivity index (χ0) is 20.2. The van der Waals surface area contributed by atoms with Crippen LogP contribution in [0.15, 0.2) is 12.1 Å². The number of amides is 5. The summed E-state index contributed by atoms with van der Waals surface area (Å²) in [6, 6.07) is 1.18. The molecule has 4 rings (SSSR count). The highest BCUT2D eigenvalue weighted by Crippen LogP contribution is 2.34. The Morgan fingerprint density at radius 2 is 1.79 bits per heavy atom. The Labute approximate surface area is 158 Å². The van der Waals surface area contributed by atoms with Crippen LogP contribution in [-0.4, -0.2) is 60.6 Å². The van der Waals surface area contributed by atoms with E-state index in [0.717, 1.165) is 11.0 Å². The minimum absolute atomic E-state index is 0.00879. The number of imide groups is 2. The van der Waals surface area contributed by atoms with E-state index in [0.29, 0.717) is 13.1 Å². The van der Waals surface area contributed by atoms with E-state index in [4.69, 9.17) is 0 Å². The molecule has 2 saturated heterocycles. The summed E-state index contributed by atoms with van der Waals surface area (Å²) in [5.74, 6) is -3.73. The van der Waals surface area contributed by atoms with Crippen molar-refractivity contribution in [2.45, 2.75) is 18.9 Å². The predicted molar refractivity (Wildman–Crippen MR) is 92.8 cm³/mol. The molecule has 0 bridgehead atoms. The predicted octanol–water partition coefficient (Wildman–Crippen LogP) is -0.591. The Balaban J connectivity index is 1.60. The molecule has 2 fully saturated rings. The third kappa shape index (κ3) is 2.63. The SMILES string of the molecule is CNC(=O)C1CN(c2cc3c(cc2F)C(=O)N(C2CCC(=O)NC2=O)C3=O)C1. The maximum atomic E-state index is 14.6. The number of piperidine rings is 1. The molecule has 1 aromatic rings. The van der Waals surface area contributed by atoms with E-state index in [-0.39, 0.29) is 41.5 Å². The van der Waals surface area contributed by atoms with Gasteiger partial charge in [0, 0.05) is 26.6 Å². The zero-order valence-corrected chi connectivity index (χ0v) is 15.0. The van der Waals surface area contributed by atoms with E-state index < -0.39 is 35.5 Å². The van der Waals surface area contributed by atoms with E-state index in [1.54, 1.807) is 4.90 Å². The molecular weight excluding hydrogens is 371 g/mol. The Morgan fingerprint density at radius 3 is 2.39 bits per heavy atom. The number of rotatable bonds is 3. The Morgan fingerprint density at radius 1 is 1.14 bits per heavy atom. The smallest absolute Gasteiger partial charge is 0.262 e. The second-order valence-electron chi connectivity index (χ2n) is 7.01. The van der Waals surface area contributed by atoms with Crippen molar-refractivity contribution in [1.82, 2.24) is 15.5 Å². The van der Waals surface area contributed by atoms with Gasteiger partial charge >= 0.3 is 0 Å². The third-order valence-electron chi connectivity index (χ3n) is 5.35. The van der Waals surface area contributed by atoms with Crippen molar-refractivity contribution in [1.29, 1.82) is 0 Å². The number of hydrogen-bond donors (Lipinski definition) is 2. The number of benzene rings is 1. The summed E-state index contributed by atoms with van der Waals surface area (Å²) >= 11 is 0. The first-order valence-corrected chi connectivity index (χ1v) is 8.83. The van der Waals surface area contributed by atoms with Gasteiger partial charge in [0.2, 0.25) is 17.7 Å². The van der Waals surface area contributed by atoms with Crippen molar-refractivity contribution >= 4 is 35.2 Å². The fourth-order valence-corrected chi connectivity index (χ4v) is 3.77. The molecule has 1 atom stereocenters. The van der Waals surface area contributed by atoms with Crippen LogP contribution in [0.4, 0.5) is 10.1 Å². The van der Waals surface area contributed by atoms with E-state index in [1.807, 2.05) is 0 Å². The van der Waals surface area contributed by atoms with Crippen LogP contribution in [0.3, 0.4) is 0 Å². The summed E-state index contributed by atoms with van der Waals surface area (Å²) in [6.45, 7) is 0.600. The topological polar surface area (TPSA) is 116 Å². The van der Waals surface area contributed by atoms with Gasteiger partial charge in [0.1, 0.15) is 11.9 Å². The Bertz CT molecular complexity index is 940. The molecular formula is C18H17FN4O5. The molecule has 3 heterocycles. The average molecular weight is 388 g/mol. The summed E-state index contributed by atoms with van der Waals surface area (Å²) in [4.78, 5) is 62.8. The molecule has 146 valence electrons. The fraction of sp³-hybridized carbons (Fsp3) is 0.389. The highest BCUT2D eigenvalue weighted by Gasteiger charge is 2.45. The normalized spacial score (nSPS) is 22.1. The number of carbonyl (C=O) groups excluding carboxylic acids is 5. The van der Waals surface area contributed by atoms with Crippen LogP contribution in [0, 0.1) is 11.7 Å². The molecule has 0 saturated carbocycles. The van der Waals surface area contributed by atoms with Crippen molar-refractivity contribution < 1.29 is 28.4 Å². The van der Waals surface area contributed by atoms with Gasteiger partial charge in [0.15, 0.2) is 0 Å². The minimum Gasteiger partial charge on any atom is -0.367 e. The first-order valence-electron chi connectivity index (χ1n) is 8.83. The first-order chi connectivity index (χ1) is 13.3. The van der Waals surface area contributed by atoms with Crippen molar-refractivity contribution in [2.24, 2.45) is 5.92 Å². The maximum Gasteiger partial charge on any atom is 0.262 e. The molecule has 0 aliphatic carbocycles. The monoisotopic (exact) mass is 388 g/mol. The van der Waals surface area contributed by atoms with Crippen LogP contribution in [0.25, 0.3) is 0 Å². The highest BCUT2D eigenvalue weighted by atomic mass is 19.1. The van der Waals surface area contributed by atoms with Crippen molar-refractivity contribution in [2.75, 3.05) is 25.0 Å². The van der Waals surface area contributed by atoms with Crippen LogP contribution in [-0.2, 0) is 14.4 Å². The summed E-state index contributed by atoms with van der Waals surface area (Å²) in [6.07, 6.45) is 0.0451. The van der Waals surface area contributed by atoms with Gasteiger partial charge in [-0.1, -0.05) is 0 Å². The van der Waals surface area contributed by atoms with E-state index in [9.17, 15) is 28.4 Å². The van der Waals surface area contributed by atoms with Crippen LogP contribution < -0.4 is 15.5 Å². The number of fused-ring (bicyclic) bond motifs is 1. The second kappa shape index (κ2) is 6.39. The van der Waals surface area contributed by atoms with Gasteiger partial charge in [-0.3, -0.25) is 34.2 Å². The van der Waals surface area contributed by atoms with Crippen LogP contribution in [0.5, 0.6) is 0 Å². The number of hydrogen-bond acceptors (Lipinski definition) is 6. The van der Waals surface area contributed by atoms with Crippen molar-refractivity contribution in [3.05, 3.63) is 29.1 Å². The van der Waals surface area contributed by atoms with Crippen molar-refractivity contribution in [3.8, 4) is 0 Å². The Kier molecular flexibility index (Phi) is 4.13. The highest BCUT2D eigenvalue weighted by molar-refractivity contribution is 6.23. The second-order valence-corrected chi connectivity index (χ2v) is 7.01.